The number of carbonyl (C=O) groups excluding carboxylic acids is 1. The molecule has 12 heteroatoms. The molecule has 0 aliphatic heterocycles. The average molecular weight is 612 g/mol. The second-order valence-electron chi connectivity index (χ2n) is 7.27. The molecule has 1 atom stereocenters. The van der Waals surface area contributed by atoms with Gasteiger partial charge in [-0.25, -0.2) is 8.51 Å². The van der Waals surface area contributed by atoms with E-state index in [2.05, 4.69) is 30.0 Å². The molecule has 0 aliphatic carbocycles. The van der Waals surface area contributed by atoms with E-state index < -0.39 is 17.2 Å². The number of carbonyl (C=O) groups is 1. The van der Waals surface area contributed by atoms with Crippen molar-refractivity contribution in [1.82, 2.24) is 14.1 Å². The fourth-order valence-corrected chi connectivity index (χ4v) is 5.45. The van der Waals surface area contributed by atoms with Crippen molar-refractivity contribution < 1.29 is 13.6 Å². The van der Waals surface area contributed by atoms with Crippen LogP contribution in [0, 0.1) is 0 Å². The standard InChI is InChI=1S/C23H17BrCl2N4O3S2/c24-15-9-10-16(23(31)27-13-17-18(25)7-4-8-19(17)26)21(12-15)30(35(32)33)22-20(28-34-29-22)11-14-5-2-1-3-6-14/h1-10,12H,11,13H2,(H,27,31)(H,32,33). The van der Waals surface area contributed by atoms with Gasteiger partial charge in [-0.3, -0.25) is 9.35 Å². The Kier molecular flexibility index (Phi) is 8.53. The maximum absolute atomic E-state index is 13.2. The van der Waals surface area contributed by atoms with Crippen molar-refractivity contribution in [1.29, 1.82) is 0 Å². The van der Waals surface area contributed by atoms with Gasteiger partial charge in [0.1, 0.15) is 5.69 Å². The van der Waals surface area contributed by atoms with Gasteiger partial charge >= 0.3 is 0 Å². The third kappa shape index (κ3) is 6.08. The predicted octanol–water partition coefficient (Wildman–Crippen LogP) is 6.40. The van der Waals surface area contributed by atoms with E-state index in [1.807, 2.05) is 30.3 Å². The molecular weight excluding hydrogens is 595 g/mol. The molecule has 4 rings (SSSR count). The van der Waals surface area contributed by atoms with E-state index in [4.69, 9.17) is 23.2 Å². The minimum Gasteiger partial charge on any atom is -0.348 e. The van der Waals surface area contributed by atoms with Crippen LogP contribution in [0.3, 0.4) is 0 Å². The second kappa shape index (κ2) is 11.6. The molecule has 0 radical (unpaired) electrons. The van der Waals surface area contributed by atoms with E-state index in [1.165, 1.54) is 0 Å². The molecule has 0 saturated heterocycles. The van der Waals surface area contributed by atoms with Gasteiger partial charge in [0, 0.05) is 33.0 Å². The maximum atomic E-state index is 13.2. The third-order valence-electron chi connectivity index (χ3n) is 5.01. The monoisotopic (exact) mass is 610 g/mol. The van der Waals surface area contributed by atoms with Crippen molar-refractivity contribution >= 4 is 79.5 Å². The molecule has 0 bridgehead atoms. The quantitative estimate of drug-likeness (QED) is 0.225. The van der Waals surface area contributed by atoms with Crippen LogP contribution in [-0.4, -0.2) is 23.4 Å². The van der Waals surface area contributed by atoms with E-state index in [9.17, 15) is 13.6 Å². The molecule has 0 aliphatic rings. The molecule has 1 unspecified atom stereocenters. The molecular formula is C23H17BrCl2N4O3S2. The average Bonchev–Trinajstić information content (AvgIpc) is 3.26. The van der Waals surface area contributed by atoms with Crippen molar-refractivity contribution in [3.05, 3.63) is 104 Å². The number of hydrogen-bond donors (Lipinski definition) is 2. The molecule has 0 saturated carbocycles. The molecule has 1 amide bonds. The lowest BCUT2D eigenvalue weighted by atomic mass is 10.1. The number of halogens is 3. The molecule has 0 fully saturated rings. The van der Waals surface area contributed by atoms with Crippen molar-refractivity contribution in [3.63, 3.8) is 0 Å². The summed E-state index contributed by atoms with van der Waals surface area (Å²) in [6.07, 6.45) is 0.404. The number of anilines is 2. The summed E-state index contributed by atoms with van der Waals surface area (Å²) in [4.78, 5) is 13.2. The van der Waals surface area contributed by atoms with Crippen molar-refractivity contribution in [2.75, 3.05) is 4.31 Å². The lowest BCUT2D eigenvalue weighted by Gasteiger charge is -2.21. The predicted molar refractivity (Wildman–Crippen MR) is 144 cm³/mol. The summed E-state index contributed by atoms with van der Waals surface area (Å²) in [6.45, 7) is 0.0760. The Bertz CT molecular complexity index is 1370. The van der Waals surface area contributed by atoms with Crippen LogP contribution in [0.15, 0.2) is 71.2 Å². The van der Waals surface area contributed by atoms with Crippen LogP contribution >= 0.6 is 50.9 Å². The first-order valence-corrected chi connectivity index (χ1v) is 13.5. The first-order valence-electron chi connectivity index (χ1n) is 10.1. The third-order valence-corrected chi connectivity index (χ3v) is 7.45. The lowest BCUT2D eigenvalue weighted by Crippen LogP contribution is -2.28. The van der Waals surface area contributed by atoms with Gasteiger partial charge in [0.05, 0.1) is 23.0 Å². The van der Waals surface area contributed by atoms with E-state index in [-0.39, 0.29) is 23.6 Å². The molecule has 4 aromatic rings. The first-order chi connectivity index (χ1) is 16.8. The summed E-state index contributed by atoms with van der Waals surface area (Å²) in [6, 6.07) is 19.5. The summed E-state index contributed by atoms with van der Waals surface area (Å²) in [5.41, 5.74) is 2.40. The van der Waals surface area contributed by atoms with Crippen LogP contribution in [0.2, 0.25) is 10.0 Å². The zero-order valence-corrected chi connectivity index (χ0v) is 22.6. The number of nitrogens with zero attached hydrogens (tertiary/aromatic N) is 3. The SMILES string of the molecule is O=C(NCc1c(Cl)cccc1Cl)c1ccc(Br)cc1N(c1nsnc1Cc1ccccc1)S(=O)O. The van der Waals surface area contributed by atoms with Crippen molar-refractivity contribution in [2.24, 2.45) is 0 Å². The van der Waals surface area contributed by atoms with Crippen LogP contribution in [-0.2, 0) is 24.2 Å². The second-order valence-corrected chi connectivity index (χ2v) is 10.4. The highest BCUT2D eigenvalue weighted by Gasteiger charge is 2.27. The van der Waals surface area contributed by atoms with E-state index in [1.54, 1.807) is 36.4 Å². The molecule has 35 heavy (non-hydrogen) atoms. The molecule has 1 aromatic heterocycles. The maximum Gasteiger partial charge on any atom is 0.268 e. The fraction of sp³-hybridized carbons (Fsp3) is 0.0870. The fourth-order valence-electron chi connectivity index (χ4n) is 3.36. The molecule has 180 valence electrons. The number of aromatic nitrogens is 2. The summed E-state index contributed by atoms with van der Waals surface area (Å²) in [5.74, 6) is -0.285. The van der Waals surface area contributed by atoms with Crippen molar-refractivity contribution in [2.45, 2.75) is 13.0 Å². The number of hydrogen-bond acceptors (Lipinski definition) is 5. The molecule has 7 nitrogen and oxygen atoms in total. The van der Waals surface area contributed by atoms with Gasteiger partial charge in [-0.1, -0.05) is 75.5 Å². The Morgan fingerprint density at radius 1 is 1.06 bits per heavy atom. The summed E-state index contributed by atoms with van der Waals surface area (Å²) in [5, 5.41) is 3.63. The summed E-state index contributed by atoms with van der Waals surface area (Å²) >= 11 is 14.2. The number of amides is 1. The van der Waals surface area contributed by atoms with Crippen LogP contribution in [0.5, 0.6) is 0 Å². The van der Waals surface area contributed by atoms with Gasteiger partial charge < -0.3 is 5.32 Å². The van der Waals surface area contributed by atoms with Gasteiger partial charge in [0.15, 0.2) is 5.82 Å². The highest BCUT2D eigenvalue weighted by molar-refractivity contribution is 9.10. The zero-order valence-electron chi connectivity index (χ0n) is 17.8. The smallest absolute Gasteiger partial charge is 0.268 e. The first kappa shape index (κ1) is 25.7. The Labute approximate surface area is 227 Å². The lowest BCUT2D eigenvalue weighted by molar-refractivity contribution is 0.0951. The Morgan fingerprint density at radius 3 is 2.46 bits per heavy atom. The minimum absolute atomic E-state index is 0.0760. The minimum atomic E-state index is -2.54. The molecule has 1 heterocycles. The summed E-state index contributed by atoms with van der Waals surface area (Å²) in [7, 11) is 0. The van der Waals surface area contributed by atoms with Gasteiger partial charge in [-0.2, -0.15) is 8.75 Å². The van der Waals surface area contributed by atoms with Gasteiger partial charge in [-0.15, -0.1) is 0 Å². The van der Waals surface area contributed by atoms with E-state index >= 15 is 0 Å². The topological polar surface area (TPSA) is 95.4 Å². The summed E-state index contributed by atoms with van der Waals surface area (Å²) < 4.78 is 33.1. The Morgan fingerprint density at radius 2 is 1.77 bits per heavy atom. The Balaban J connectivity index is 1.68. The highest BCUT2D eigenvalue weighted by Crippen LogP contribution is 2.34. The Hall–Kier alpha value is -2.34. The van der Waals surface area contributed by atoms with E-state index in [0.29, 0.717) is 32.2 Å². The zero-order chi connectivity index (χ0) is 24.9. The van der Waals surface area contributed by atoms with Gasteiger partial charge in [0.25, 0.3) is 17.2 Å². The van der Waals surface area contributed by atoms with Crippen LogP contribution in [0.25, 0.3) is 0 Å². The van der Waals surface area contributed by atoms with E-state index in [0.717, 1.165) is 21.6 Å². The van der Waals surface area contributed by atoms with Crippen LogP contribution in [0.4, 0.5) is 11.5 Å². The molecule has 3 aromatic carbocycles. The highest BCUT2D eigenvalue weighted by atomic mass is 79.9. The number of nitrogens with one attached hydrogen (secondary N) is 1. The van der Waals surface area contributed by atoms with Crippen LogP contribution in [0.1, 0.15) is 27.2 Å². The largest absolute Gasteiger partial charge is 0.348 e. The normalized spacial score (nSPS) is 11.8. The van der Waals surface area contributed by atoms with Crippen molar-refractivity contribution in [3.8, 4) is 0 Å². The molecule has 2 N–H and O–H groups in total. The molecule has 0 spiro atoms. The van der Waals surface area contributed by atoms with Gasteiger partial charge in [0.2, 0.25) is 0 Å². The number of rotatable bonds is 8. The van der Waals surface area contributed by atoms with Gasteiger partial charge in [-0.05, 0) is 35.9 Å². The van der Waals surface area contributed by atoms with Crippen LogP contribution < -0.4 is 9.62 Å². The number of benzene rings is 3.